The van der Waals surface area contributed by atoms with Gasteiger partial charge in [-0.1, -0.05) is 42.5 Å². The molecular formula is C26H26N4O4S. The van der Waals surface area contributed by atoms with Crippen LogP contribution in [0.1, 0.15) is 34.1 Å². The van der Waals surface area contributed by atoms with Gasteiger partial charge in [-0.2, -0.15) is 5.10 Å². The predicted molar refractivity (Wildman–Crippen MR) is 134 cm³/mol. The van der Waals surface area contributed by atoms with Crippen LogP contribution in [0, 0.1) is 6.92 Å². The van der Waals surface area contributed by atoms with Gasteiger partial charge in [0, 0.05) is 12.1 Å². The van der Waals surface area contributed by atoms with Gasteiger partial charge >= 0.3 is 0 Å². The third kappa shape index (κ3) is 4.64. The van der Waals surface area contributed by atoms with Crippen molar-refractivity contribution in [3.63, 3.8) is 0 Å². The largest absolute Gasteiger partial charge is 0.497 e. The molecule has 1 amide bonds. The van der Waals surface area contributed by atoms with Gasteiger partial charge in [0.05, 0.1) is 47.0 Å². The van der Waals surface area contributed by atoms with Crippen molar-refractivity contribution in [3.05, 3.63) is 77.5 Å². The van der Waals surface area contributed by atoms with Crippen LogP contribution in [-0.2, 0) is 16.4 Å². The van der Waals surface area contributed by atoms with Gasteiger partial charge < -0.3 is 10.1 Å². The van der Waals surface area contributed by atoms with Gasteiger partial charge in [-0.05, 0) is 37.1 Å². The van der Waals surface area contributed by atoms with E-state index in [0.717, 1.165) is 16.9 Å². The van der Waals surface area contributed by atoms with Crippen LogP contribution in [0.4, 0.5) is 0 Å². The molecule has 2 aromatic carbocycles. The van der Waals surface area contributed by atoms with Crippen molar-refractivity contribution in [1.29, 1.82) is 0 Å². The zero-order valence-electron chi connectivity index (χ0n) is 19.6. The smallest absolute Gasteiger partial charge is 0.252 e. The number of hydrogen-bond donors (Lipinski definition) is 1. The summed E-state index contributed by atoms with van der Waals surface area (Å²) < 4.78 is 31.2. The van der Waals surface area contributed by atoms with Crippen LogP contribution in [0.25, 0.3) is 22.3 Å². The Bertz CT molecular complexity index is 1500. The van der Waals surface area contributed by atoms with Crippen LogP contribution in [-0.4, -0.2) is 47.7 Å². The minimum atomic E-state index is -3.11. The Morgan fingerprint density at radius 2 is 1.89 bits per heavy atom. The van der Waals surface area contributed by atoms with E-state index in [1.165, 1.54) is 0 Å². The molecular weight excluding hydrogens is 464 g/mol. The number of pyridine rings is 1. The van der Waals surface area contributed by atoms with Crippen molar-refractivity contribution in [3.8, 4) is 17.0 Å². The number of sulfone groups is 1. The molecule has 1 saturated heterocycles. The third-order valence-electron chi connectivity index (χ3n) is 6.32. The van der Waals surface area contributed by atoms with Gasteiger partial charge in [-0.3, -0.25) is 4.79 Å². The zero-order chi connectivity index (χ0) is 24.6. The van der Waals surface area contributed by atoms with Gasteiger partial charge in [0.2, 0.25) is 0 Å². The number of benzene rings is 2. The maximum absolute atomic E-state index is 13.4. The van der Waals surface area contributed by atoms with Crippen molar-refractivity contribution in [2.24, 2.45) is 0 Å². The monoisotopic (exact) mass is 490 g/mol. The van der Waals surface area contributed by atoms with Crippen LogP contribution in [0.15, 0.2) is 60.7 Å². The molecule has 5 rings (SSSR count). The van der Waals surface area contributed by atoms with E-state index >= 15 is 0 Å². The first-order chi connectivity index (χ1) is 16.8. The standard InChI is InChI=1S/C26H26N4O4S/c1-17-24-22(26(31)27-15-18-8-10-21(34-2)11-9-18)14-23(19-6-4-3-5-7-19)28-25(24)30(29-17)20-12-13-35(32,33)16-20/h3-11,14,20H,12-13,15-16H2,1-2H3,(H,27,31)/t20-/m1/s1. The molecule has 1 N–H and O–H groups in total. The summed E-state index contributed by atoms with van der Waals surface area (Å²) in [5.74, 6) is 0.665. The number of carbonyl (C=O) groups excluding carboxylic acids is 1. The molecule has 4 aromatic rings. The number of amides is 1. The lowest BCUT2D eigenvalue weighted by Crippen LogP contribution is -2.23. The molecule has 1 atom stereocenters. The lowest BCUT2D eigenvalue weighted by atomic mass is 10.0. The Hall–Kier alpha value is -3.72. The quantitative estimate of drug-likeness (QED) is 0.442. The molecule has 180 valence electrons. The molecule has 0 radical (unpaired) electrons. The van der Waals surface area contributed by atoms with E-state index < -0.39 is 9.84 Å². The first-order valence-electron chi connectivity index (χ1n) is 11.4. The van der Waals surface area contributed by atoms with Gasteiger partial charge in [-0.25, -0.2) is 18.1 Å². The second kappa shape index (κ2) is 9.14. The van der Waals surface area contributed by atoms with Crippen molar-refractivity contribution in [1.82, 2.24) is 20.1 Å². The van der Waals surface area contributed by atoms with Crippen LogP contribution in [0.3, 0.4) is 0 Å². The molecule has 1 aliphatic heterocycles. The topological polar surface area (TPSA) is 103 Å². The molecule has 1 fully saturated rings. The Kier molecular flexibility index (Phi) is 6.02. The Labute approximate surface area is 203 Å². The van der Waals surface area contributed by atoms with E-state index in [1.54, 1.807) is 17.9 Å². The highest BCUT2D eigenvalue weighted by atomic mass is 32.2. The number of fused-ring (bicyclic) bond motifs is 1. The zero-order valence-corrected chi connectivity index (χ0v) is 20.4. The lowest BCUT2D eigenvalue weighted by Gasteiger charge is -2.12. The highest BCUT2D eigenvalue weighted by molar-refractivity contribution is 7.91. The van der Waals surface area contributed by atoms with Crippen molar-refractivity contribution in [2.75, 3.05) is 18.6 Å². The van der Waals surface area contributed by atoms with Gasteiger partial charge in [0.25, 0.3) is 5.91 Å². The number of carbonyl (C=O) groups is 1. The van der Waals surface area contributed by atoms with Crippen molar-refractivity contribution in [2.45, 2.75) is 25.9 Å². The summed E-state index contributed by atoms with van der Waals surface area (Å²) in [6, 6.07) is 18.6. The molecule has 3 heterocycles. The molecule has 2 aromatic heterocycles. The molecule has 0 spiro atoms. The molecule has 1 aliphatic rings. The van der Waals surface area contributed by atoms with E-state index in [9.17, 15) is 13.2 Å². The highest BCUT2D eigenvalue weighted by Gasteiger charge is 2.32. The molecule has 35 heavy (non-hydrogen) atoms. The van der Waals surface area contributed by atoms with E-state index in [-0.39, 0.29) is 23.5 Å². The number of methoxy groups -OCH3 is 1. The number of ether oxygens (including phenoxy) is 1. The van der Waals surface area contributed by atoms with E-state index in [4.69, 9.17) is 9.72 Å². The van der Waals surface area contributed by atoms with Crippen molar-refractivity contribution < 1.29 is 17.9 Å². The summed E-state index contributed by atoms with van der Waals surface area (Å²) >= 11 is 0. The van der Waals surface area contributed by atoms with Gasteiger partial charge in [-0.15, -0.1) is 0 Å². The Balaban J connectivity index is 1.56. The molecule has 0 aliphatic carbocycles. The lowest BCUT2D eigenvalue weighted by molar-refractivity contribution is 0.0952. The minimum absolute atomic E-state index is 0.0272. The maximum atomic E-state index is 13.4. The summed E-state index contributed by atoms with van der Waals surface area (Å²) in [4.78, 5) is 18.3. The average molecular weight is 491 g/mol. The van der Waals surface area contributed by atoms with Crippen LogP contribution < -0.4 is 10.1 Å². The summed E-state index contributed by atoms with van der Waals surface area (Å²) in [5, 5.41) is 8.29. The van der Waals surface area contributed by atoms with E-state index in [2.05, 4.69) is 10.4 Å². The average Bonchev–Trinajstić information content (AvgIpc) is 3.41. The SMILES string of the molecule is COc1ccc(CNC(=O)c2cc(-c3ccccc3)nc3c2c(C)nn3[C@@H]2CCS(=O)(=O)C2)cc1. The van der Waals surface area contributed by atoms with Crippen LogP contribution in [0.5, 0.6) is 5.75 Å². The minimum Gasteiger partial charge on any atom is -0.497 e. The normalized spacial score (nSPS) is 16.9. The summed E-state index contributed by atoms with van der Waals surface area (Å²) in [6.07, 6.45) is 0.481. The second-order valence-corrected chi connectivity index (χ2v) is 11.0. The van der Waals surface area contributed by atoms with Crippen LogP contribution in [0.2, 0.25) is 0 Å². The third-order valence-corrected chi connectivity index (χ3v) is 8.07. The summed E-state index contributed by atoms with van der Waals surface area (Å²) in [5.41, 5.74) is 4.08. The first-order valence-corrected chi connectivity index (χ1v) is 13.2. The molecule has 0 bridgehead atoms. The number of nitrogens with one attached hydrogen (secondary N) is 1. The van der Waals surface area contributed by atoms with E-state index in [0.29, 0.717) is 41.0 Å². The fourth-order valence-corrected chi connectivity index (χ4v) is 6.18. The maximum Gasteiger partial charge on any atom is 0.252 e. The summed E-state index contributed by atoms with van der Waals surface area (Å²) in [6.45, 7) is 2.17. The van der Waals surface area contributed by atoms with Crippen molar-refractivity contribution >= 4 is 26.8 Å². The second-order valence-electron chi connectivity index (χ2n) is 8.74. The van der Waals surface area contributed by atoms with Crippen LogP contribution >= 0.6 is 0 Å². The predicted octanol–water partition coefficient (Wildman–Crippen LogP) is 3.70. The number of hydrogen-bond acceptors (Lipinski definition) is 6. The Morgan fingerprint density at radius 1 is 1.14 bits per heavy atom. The van der Waals surface area contributed by atoms with Gasteiger partial charge in [0.15, 0.2) is 15.5 Å². The fourth-order valence-electron chi connectivity index (χ4n) is 4.49. The number of aromatic nitrogens is 3. The molecule has 0 saturated carbocycles. The Morgan fingerprint density at radius 3 is 2.54 bits per heavy atom. The number of aryl methyl sites for hydroxylation is 1. The van der Waals surface area contributed by atoms with Gasteiger partial charge in [0.1, 0.15) is 5.75 Å². The number of nitrogens with zero attached hydrogens (tertiary/aromatic N) is 3. The summed E-state index contributed by atoms with van der Waals surface area (Å²) in [7, 11) is -1.50. The molecule has 0 unspecified atom stereocenters. The first kappa shape index (κ1) is 23.0. The highest BCUT2D eigenvalue weighted by Crippen LogP contribution is 2.32. The molecule has 8 nitrogen and oxygen atoms in total. The molecule has 9 heteroatoms. The van der Waals surface area contributed by atoms with E-state index in [1.807, 2.05) is 61.5 Å². The number of rotatable bonds is 6. The fraction of sp³-hybridized carbons (Fsp3) is 0.269.